The van der Waals surface area contributed by atoms with Crippen molar-refractivity contribution in [1.29, 1.82) is 0 Å². The summed E-state index contributed by atoms with van der Waals surface area (Å²) in [6, 6.07) is 10.1. The molecule has 0 spiro atoms. The van der Waals surface area contributed by atoms with Crippen LogP contribution in [0.1, 0.15) is 76.2 Å². The number of primary amides is 1. The van der Waals surface area contributed by atoms with Gasteiger partial charge in [0.05, 0.1) is 0 Å². The number of carbonyl (C=O) groups is 1. The Labute approximate surface area is 135 Å². The average Bonchev–Trinajstić information content (AvgIpc) is 2.53. The number of rotatable bonds is 12. The van der Waals surface area contributed by atoms with Gasteiger partial charge in [0.15, 0.2) is 0 Å². The van der Waals surface area contributed by atoms with E-state index >= 15 is 0 Å². The van der Waals surface area contributed by atoms with E-state index in [4.69, 9.17) is 5.73 Å². The molecule has 0 saturated heterocycles. The third-order valence-electron chi connectivity index (χ3n) is 4.29. The Balaban J connectivity index is 2.37. The van der Waals surface area contributed by atoms with E-state index in [-0.39, 0.29) is 11.8 Å². The first-order chi connectivity index (χ1) is 10.7. The van der Waals surface area contributed by atoms with Crippen molar-refractivity contribution >= 4 is 5.91 Å². The number of hydrogen-bond donors (Lipinski definition) is 1. The Kier molecular flexibility index (Phi) is 9.29. The van der Waals surface area contributed by atoms with Crippen LogP contribution in [-0.2, 0) is 4.79 Å². The van der Waals surface area contributed by atoms with Crippen LogP contribution in [0.25, 0.3) is 0 Å². The number of hydrogen-bond acceptors (Lipinski definition) is 1. The Morgan fingerprint density at radius 2 is 1.55 bits per heavy atom. The molecular formula is C20H31NO. The van der Waals surface area contributed by atoms with Gasteiger partial charge in [0, 0.05) is 11.5 Å². The van der Waals surface area contributed by atoms with Crippen LogP contribution < -0.4 is 5.73 Å². The van der Waals surface area contributed by atoms with Crippen LogP contribution in [0, 0.1) is 0 Å². The quantitative estimate of drug-likeness (QED) is 0.411. The SMILES string of the molecule is C=C(C(N)=O)C(CCCCCCCCCC)c1ccccc1. The lowest BCUT2D eigenvalue weighted by Gasteiger charge is -2.18. The number of unbranched alkanes of at least 4 members (excludes halogenated alkanes) is 7. The van der Waals surface area contributed by atoms with Crippen LogP contribution in [0.5, 0.6) is 0 Å². The van der Waals surface area contributed by atoms with Crippen LogP contribution in [-0.4, -0.2) is 5.91 Å². The normalized spacial score (nSPS) is 12.0. The molecule has 0 aliphatic heterocycles. The second kappa shape index (κ2) is 11.1. The fraction of sp³-hybridized carbons (Fsp3) is 0.550. The monoisotopic (exact) mass is 301 g/mol. The van der Waals surface area contributed by atoms with Crippen molar-refractivity contribution in [2.24, 2.45) is 5.73 Å². The van der Waals surface area contributed by atoms with Crippen LogP contribution >= 0.6 is 0 Å². The molecule has 0 aliphatic carbocycles. The standard InChI is InChI=1S/C20H31NO/c1-3-4-5-6-7-8-9-13-16-19(17(2)20(21)22)18-14-11-10-12-15-18/h10-12,14-15,19H,2-9,13,16H2,1H3,(H2,21,22). The second-order valence-electron chi connectivity index (χ2n) is 6.12. The first-order valence-corrected chi connectivity index (χ1v) is 8.70. The van der Waals surface area contributed by atoms with Gasteiger partial charge in [0.1, 0.15) is 0 Å². The van der Waals surface area contributed by atoms with Crippen molar-refractivity contribution in [3.8, 4) is 0 Å². The van der Waals surface area contributed by atoms with E-state index in [0.29, 0.717) is 5.57 Å². The van der Waals surface area contributed by atoms with Gasteiger partial charge in [-0.15, -0.1) is 0 Å². The van der Waals surface area contributed by atoms with Gasteiger partial charge in [-0.05, 0) is 12.0 Å². The predicted octanol–water partition coefficient (Wildman–Crippen LogP) is 5.34. The maximum Gasteiger partial charge on any atom is 0.244 e. The van der Waals surface area contributed by atoms with E-state index in [1.807, 2.05) is 18.2 Å². The molecule has 0 saturated carbocycles. The first kappa shape index (κ1) is 18.5. The van der Waals surface area contributed by atoms with E-state index in [9.17, 15) is 4.79 Å². The smallest absolute Gasteiger partial charge is 0.244 e. The zero-order valence-electron chi connectivity index (χ0n) is 14.0. The molecule has 1 aromatic carbocycles. The van der Waals surface area contributed by atoms with E-state index in [2.05, 4.69) is 25.6 Å². The summed E-state index contributed by atoms with van der Waals surface area (Å²) in [5.74, 6) is -0.313. The first-order valence-electron chi connectivity index (χ1n) is 8.70. The summed E-state index contributed by atoms with van der Waals surface area (Å²) in [7, 11) is 0. The number of nitrogens with two attached hydrogens (primary N) is 1. The van der Waals surface area contributed by atoms with Crippen molar-refractivity contribution in [3.63, 3.8) is 0 Å². The van der Waals surface area contributed by atoms with Gasteiger partial charge in [-0.25, -0.2) is 0 Å². The summed E-state index contributed by atoms with van der Waals surface area (Å²) >= 11 is 0. The van der Waals surface area contributed by atoms with E-state index in [1.165, 1.54) is 44.9 Å². The highest BCUT2D eigenvalue weighted by molar-refractivity contribution is 5.92. The molecular weight excluding hydrogens is 270 g/mol. The third-order valence-corrected chi connectivity index (χ3v) is 4.29. The molecule has 1 unspecified atom stereocenters. The Morgan fingerprint density at radius 3 is 2.09 bits per heavy atom. The summed E-state index contributed by atoms with van der Waals surface area (Å²) in [4.78, 5) is 11.5. The fourth-order valence-electron chi connectivity index (χ4n) is 2.88. The molecule has 2 heteroatoms. The Hall–Kier alpha value is -1.57. The molecule has 0 heterocycles. The fourth-order valence-corrected chi connectivity index (χ4v) is 2.88. The summed E-state index contributed by atoms with van der Waals surface area (Å²) in [5, 5.41) is 0. The van der Waals surface area contributed by atoms with E-state index in [1.54, 1.807) is 0 Å². The maximum atomic E-state index is 11.5. The maximum absolute atomic E-state index is 11.5. The van der Waals surface area contributed by atoms with Gasteiger partial charge in [-0.2, -0.15) is 0 Å². The molecule has 2 N–H and O–H groups in total. The molecule has 0 bridgehead atoms. The molecule has 22 heavy (non-hydrogen) atoms. The van der Waals surface area contributed by atoms with E-state index in [0.717, 1.165) is 18.4 Å². The molecule has 1 amide bonds. The summed E-state index contributed by atoms with van der Waals surface area (Å²) < 4.78 is 0. The zero-order valence-corrected chi connectivity index (χ0v) is 14.0. The molecule has 122 valence electrons. The average molecular weight is 301 g/mol. The van der Waals surface area contributed by atoms with Gasteiger partial charge in [0.2, 0.25) is 5.91 Å². The molecule has 0 radical (unpaired) electrons. The summed E-state index contributed by atoms with van der Waals surface area (Å²) in [6.45, 7) is 6.15. The largest absolute Gasteiger partial charge is 0.366 e. The summed E-state index contributed by atoms with van der Waals surface area (Å²) in [5.41, 5.74) is 7.12. The Morgan fingerprint density at radius 1 is 1.00 bits per heavy atom. The van der Waals surface area contributed by atoms with Crippen molar-refractivity contribution in [1.82, 2.24) is 0 Å². The number of carbonyl (C=O) groups excluding carboxylic acids is 1. The van der Waals surface area contributed by atoms with Crippen LogP contribution in [0.3, 0.4) is 0 Å². The minimum atomic E-state index is -0.381. The topological polar surface area (TPSA) is 43.1 Å². The van der Waals surface area contributed by atoms with Crippen molar-refractivity contribution in [3.05, 3.63) is 48.0 Å². The van der Waals surface area contributed by atoms with Crippen LogP contribution in [0.4, 0.5) is 0 Å². The molecule has 0 aliphatic rings. The number of benzene rings is 1. The van der Waals surface area contributed by atoms with E-state index < -0.39 is 0 Å². The lowest BCUT2D eigenvalue weighted by atomic mass is 9.87. The zero-order chi connectivity index (χ0) is 16.2. The van der Waals surface area contributed by atoms with Crippen molar-refractivity contribution < 1.29 is 4.79 Å². The highest BCUT2D eigenvalue weighted by atomic mass is 16.1. The summed E-state index contributed by atoms with van der Waals surface area (Å²) in [6.07, 6.45) is 11.3. The highest BCUT2D eigenvalue weighted by Gasteiger charge is 2.18. The second-order valence-corrected chi connectivity index (χ2v) is 6.12. The predicted molar refractivity (Wildman–Crippen MR) is 94.7 cm³/mol. The minimum absolute atomic E-state index is 0.0683. The molecule has 1 atom stereocenters. The van der Waals surface area contributed by atoms with Gasteiger partial charge >= 0.3 is 0 Å². The molecule has 1 rings (SSSR count). The third kappa shape index (κ3) is 6.93. The Bertz CT molecular complexity index is 438. The minimum Gasteiger partial charge on any atom is -0.366 e. The molecule has 2 nitrogen and oxygen atoms in total. The van der Waals surface area contributed by atoms with Crippen LogP contribution in [0.2, 0.25) is 0 Å². The molecule has 0 aromatic heterocycles. The van der Waals surface area contributed by atoms with Gasteiger partial charge in [-0.1, -0.05) is 95.2 Å². The van der Waals surface area contributed by atoms with Crippen molar-refractivity contribution in [2.75, 3.05) is 0 Å². The number of amides is 1. The molecule has 0 fully saturated rings. The van der Waals surface area contributed by atoms with Crippen LogP contribution in [0.15, 0.2) is 42.5 Å². The lowest BCUT2D eigenvalue weighted by Crippen LogP contribution is -2.18. The van der Waals surface area contributed by atoms with Gasteiger partial charge in [-0.3, -0.25) is 4.79 Å². The van der Waals surface area contributed by atoms with Crippen molar-refractivity contribution in [2.45, 2.75) is 70.6 Å². The van der Waals surface area contributed by atoms with Gasteiger partial charge < -0.3 is 5.73 Å². The lowest BCUT2D eigenvalue weighted by molar-refractivity contribution is -0.114. The highest BCUT2D eigenvalue weighted by Crippen LogP contribution is 2.29. The molecule has 1 aromatic rings. The van der Waals surface area contributed by atoms with Gasteiger partial charge in [0.25, 0.3) is 0 Å².